The Morgan fingerprint density at radius 2 is 2.44 bits per heavy atom. The van der Waals surface area contributed by atoms with E-state index in [1.165, 1.54) is 6.33 Å². The van der Waals surface area contributed by atoms with Crippen LogP contribution in [0, 0.1) is 17.2 Å². The van der Waals surface area contributed by atoms with Gasteiger partial charge in [-0.1, -0.05) is 0 Å². The summed E-state index contributed by atoms with van der Waals surface area (Å²) in [6.07, 6.45) is 3.21. The van der Waals surface area contributed by atoms with Crippen LogP contribution in [0.5, 0.6) is 0 Å². The Bertz CT molecular complexity index is 643. The molecule has 1 aliphatic rings. The van der Waals surface area contributed by atoms with E-state index in [9.17, 15) is 4.79 Å². The highest BCUT2D eigenvalue weighted by molar-refractivity contribution is 5.91. The second kappa shape index (κ2) is 4.07. The highest BCUT2D eigenvalue weighted by Crippen LogP contribution is 2.28. The number of nitriles is 1. The number of anilines is 1. The van der Waals surface area contributed by atoms with E-state index in [1.54, 1.807) is 0 Å². The Hall–Kier alpha value is -2.49. The number of aldehydes is 1. The number of nitrogens with one attached hydrogen (secondary N) is 1. The van der Waals surface area contributed by atoms with Gasteiger partial charge in [0.1, 0.15) is 30.2 Å². The lowest BCUT2D eigenvalue weighted by molar-refractivity contribution is -0.110. The van der Waals surface area contributed by atoms with Gasteiger partial charge in [0, 0.05) is 19.0 Å². The molecule has 0 spiro atoms. The second-order valence-electron chi connectivity index (χ2n) is 4.24. The van der Waals surface area contributed by atoms with Crippen LogP contribution in [0.15, 0.2) is 6.33 Å². The van der Waals surface area contributed by atoms with Crippen molar-refractivity contribution in [2.45, 2.75) is 6.42 Å². The molecule has 7 nitrogen and oxygen atoms in total. The van der Waals surface area contributed by atoms with Crippen LogP contribution in [0.1, 0.15) is 12.1 Å². The van der Waals surface area contributed by atoms with Crippen LogP contribution in [-0.2, 0) is 4.79 Å². The minimum Gasteiger partial charge on any atom is -0.355 e. The number of aromatic amines is 1. The zero-order valence-electron chi connectivity index (χ0n) is 9.50. The third-order valence-corrected chi connectivity index (χ3v) is 3.16. The normalized spacial score (nSPS) is 19.1. The zero-order valence-corrected chi connectivity index (χ0v) is 9.50. The van der Waals surface area contributed by atoms with Crippen LogP contribution in [0.25, 0.3) is 11.0 Å². The van der Waals surface area contributed by atoms with E-state index in [0.29, 0.717) is 29.1 Å². The number of nitrogens with zero attached hydrogens (tertiary/aromatic N) is 5. The maximum absolute atomic E-state index is 10.8. The molecule has 90 valence electrons. The smallest absolute Gasteiger partial charge is 0.187 e. The van der Waals surface area contributed by atoms with E-state index in [0.717, 1.165) is 19.3 Å². The summed E-state index contributed by atoms with van der Waals surface area (Å²) in [6, 6.07) is 2.04. The highest BCUT2D eigenvalue weighted by atomic mass is 16.1. The van der Waals surface area contributed by atoms with Crippen molar-refractivity contribution in [1.29, 1.82) is 5.26 Å². The first-order valence-electron chi connectivity index (χ1n) is 5.63. The van der Waals surface area contributed by atoms with Crippen LogP contribution in [0.3, 0.4) is 0 Å². The third-order valence-electron chi connectivity index (χ3n) is 3.16. The molecule has 2 aromatic heterocycles. The van der Waals surface area contributed by atoms with Crippen molar-refractivity contribution < 1.29 is 4.79 Å². The van der Waals surface area contributed by atoms with Crippen LogP contribution in [-0.4, -0.2) is 39.5 Å². The SMILES string of the molecule is N#Cc1[nH]nc2ncnc(N3CCC(C=O)C3)c12. The summed E-state index contributed by atoms with van der Waals surface area (Å²) in [5.74, 6) is 0.710. The van der Waals surface area contributed by atoms with E-state index in [4.69, 9.17) is 5.26 Å². The summed E-state index contributed by atoms with van der Waals surface area (Å²) in [5, 5.41) is 16.3. The number of hydrogen-bond acceptors (Lipinski definition) is 6. The quantitative estimate of drug-likeness (QED) is 0.758. The van der Waals surface area contributed by atoms with Gasteiger partial charge in [0.05, 0.1) is 5.39 Å². The van der Waals surface area contributed by atoms with Gasteiger partial charge in [-0.15, -0.1) is 0 Å². The molecule has 1 aliphatic heterocycles. The Balaban J connectivity index is 2.09. The Kier molecular flexibility index (Phi) is 2.41. The van der Waals surface area contributed by atoms with Gasteiger partial charge in [-0.2, -0.15) is 10.4 Å². The molecule has 0 radical (unpaired) electrons. The molecule has 0 amide bonds. The maximum Gasteiger partial charge on any atom is 0.187 e. The van der Waals surface area contributed by atoms with Gasteiger partial charge >= 0.3 is 0 Å². The molecule has 1 N–H and O–H groups in total. The summed E-state index contributed by atoms with van der Waals surface area (Å²) in [4.78, 5) is 21.0. The van der Waals surface area contributed by atoms with Crippen LogP contribution < -0.4 is 4.90 Å². The fraction of sp³-hybridized carbons (Fsp3) is 0.364. The molecule has 1 saturated heterocycles. The van der Waals surface area contributed by atoms with Crippen LogP contribution in [0.4, 0.5) is 5.82 Å². The number of aromatic nitrogens is 4. The van der Waals surface area contributed by atoms with Gasteiger partial charge in [0.25, 0.3) is 0 Å². The fourth-order valence-corrected chi connectivity index (χ4v) is 2.25. The molecule has 0 bridgehead atoms. The standard InChI is InChI=1S/C11H10N6O/c12-3-8-9-10(16-15-8)13-6-14-11(9)17-2-1-7(4-17)5-18/h5-7H,1-2,4H2,(H,13,14,15,16). The van der Waals surface area contributed by atoms with Crippen molar-refractivity contribution in [1.82, 2.24) is 20.2 Å². The molecule has 0 aliphatic carbocycles. The number of carbonyl (C=O) groups is 1. The molecular weight excluding hydrogens is 232 g/mol. The molecule has 18 heavy (non-hydrogen) atoms. The van der Waals surface area contributed by atoms with E-state index < -0.39 is 0 Å². The number of hydrogen-bond donors (Lipinski definition) is 1. The van der Waals surface area contributed by atoms with Crippen molar-refractivity contribution in [3.63, 3.8) is 0 Å². The average Bonchev–Trinajstić information content (AvgIpc) is 3.04. The van der Waals surface area contributed by atoms with Crippen LogP contribution in [0.2, 0.25) is 0 Å². The predicted molar refractivity (Wildman–Crippen MR) is 62.8 cm³/mol. The molecule has 1 atom stereocenters. The number of rotatable bonds is 2. The first kappa shape index (κ1) is 10.7. The molecule has 2 aromatic rings. The summed E-state index contributed by atoms with van der Waals surface area (Å²) in [7, 11) is 0. The second-order valence-corrected chi connectivity index (χ2v) is 4.24. The van der Waals surface area contributed by atoms with Gasteiger partial charge in [0.2, 0.25) is 0 Å². The van der Waals surface area contributed by atoms with E-state index in [2.05, 4.69) is 20.2 Å². The summed E-state index contributed by atoms with van der Waals surface area (Å²) >= 11 is 0. The summed E-state index contributed by atoms with van der Waals surface area (Å²) < 4.78 is 0. The predicted octanol–water partition coefficient (Wildman–Crippen LogP) is 0.250. The molecule has 3 rings (SSSR count). The Morgan fingerprint density at radius 3 is 3.17 bits per heavy atom. The fourth-order valence-electron chi connectivity index (χ4n) is 2.25. The van der Waals surface area contributed by atoms with Gasteiger partial charge in [-0.05, 0) is 6.42 Å². The largest absolute Gasteiger partial charge is 0.355 e. The molecule has 1 fully saturated rings. The van der Waals surface area contributed by atoms with Gasteiger partial charge < -0.3 is 9.69 Å². The van der Waals surface area contributed by atoms with E-state index in [1.807, 2.05) is 11.0 Å². The van der Waals surface area contributed by atoms with Crippen molar-refractivity contribution in [2.75, 3.05) is 18.0 Å². The summed E-state index contributed by atoms with van der Waals surface area (Å²) in [6.45, 7) is 1.39. The molecule has 1 unspecified atom stereocenters. The first-order valence-corrected chi connectivity index (χ1v) is 5.63. The molecule has 7 heteroatoms. The molecule has 0 aromatic carbocycles. The monoisotopic (exact) mass is 242 g/mol. The first-order chi connectivity index (χ1) is 8.83. The van der Waals surface area contributed by atoms with Crippen molar-refractivity contribution in [3.8, 4) is 6.07 Å². The molecule has 3 heterocycles. The van der Waals surface area contributed by atoms with Gasteiger partial charge in [-0.3, -0.25) is 5.10 Å². The van der Waals surface area contributed by atoms with E-state index >= 15 is 0 Å². The molecule has 0 saturated carbocycles. The lowest BCUT2D eigenvalue weighted by atomic mass is 10.1. The number of fused-ring (bicyclic) bond motifs is 1. The lowest BCUT2D eigenvalue weighted by Gasteiger charge is -2.16. The number of carbonyl (C=O) groups excluding carboxylic acids is 1. The van der Waals surface area contributed by atoms with Crippen molar-refractivity contribution >= 4 is 23.1 Å². The Labute approximate surface area is 102 Å². The van der Waals surface area contributed by atoms with Gasteiger partial charge in [0.15, 0.2) is 5.65 Å². The lowest BCUT2D eigenvalue weighted by Crippen LogP contribution is -2.21. The average molecular weight is 242 g/mol. The number of H-pyrrole nitrogens is 1. The topological polar surface area (TPSA) is 98.6 Å². The van der Waals surface area contributed by atoms with E-state index in [-0.39, 0.29) is 5.92 Å². The van der Waals surface area contributed by atoms with Gasteiger partial charge in [-0.25, -0.2) is 9.97 Å². The Morgan fingerprint density at radius 1 is 1.56 bits per heavy atom. The maximum atomic E-state index is 10.8. The third kappa shape index (κ3) is 1.50. The van der Waals surface area contributed by atoms with Crippen molar-refractivity contribution in [3.05, 3.63) is 12.0 Å². The van der Waals surface area contributed by atoms with Crippen molar-refractivity contribution in [2.24, 2.45) is 5.92 Å². The summed E-state index contributed by atoms with van der Waals surface area (Å²) in [5.41, 5.74) is 0.834. The zero-order chi connectivity index (χ0) is 12.5. The highest BCUT2D eigenvalue weighted by Gasteiger charge is 2.26. The minimum atomic E-state index is 0.0347. The molecular formula is C11H10N6O. The van der Waals surface area contributed by atoms with Crippen LogP contribution >= 0.6 is 0 Å². The minimum absolute atomic E-state index is 0.0347.